The molecule has 0 rings (SSSR count). The van der Waals surface area contributed by atoms with Gasteiger partial charge in [0.25, 0.3) is 0 Å². The molecule has 0 heterocycles. The van der Waals surface area contributed by atoms with E-state index in [1.54, 1.807) is 20.8 Å². The molecular formula is C7H19NO2. The summed E-state index contributed by atoms with van der Waals surface area (Å²) in [6.07, 6.45) is 0.437. The van der Waals surface area contributed by atoms with E-state index in [1.807, 2.05) is 6.92 Å². The van der Waals surface area contributed by atoms with Crippen LogP contribution in [-0.2, 0) is 0 Å². The van der Waals surface area contributed by atoms with Gasteiger partial charge in [-0.15, -0.1) is 0 Å². The van der Waals surface area contributed by atoms with Crippen molar-refractivity contribution in [2.24, 2.45) is 5.73 Å². The van der Waals surface area contributed by atoms with Crippen molar-refractivity contribution in [2.75, 3.05) is 0 Å². The first-order valence-electron chi connectivity index (χ1n) is 3.49. The van der Waals surface area contributed by atoms with Gasteiger partial charge in [-0.05, 0) is 27.2 Å². The molecule has 0 aromatic heterocycles. The van der Waals surface area contributed by atoms with E-state index in [9.17, 15) is 0 Å². The van der Waals surface area contributed by atoms with Crippen LogP contribution >= 0.6 is 0 Å². The molecule has 3 heteroatoms. The third-order valence-electron chi connectivity index (χ3n) is 0.716. The van der Waals surface area contributed by atoms with Crippen molar-refractivity contribution in [2.45, 2.75) is 45.9 Å². The summed E-state index contributed by atoms with van der Waals surface area (Å²) >= 11 is 0. The monoisotopic (exact) mass is 149 g/mol. The van der Waals surface area contributed by atoms with Crippen molar-refractivity contribution < 1.29 is 10.2 Å². The van der Waals surface area contributed by atoms with Crippen molar-refractivity contribution in [1.82, 2.24) is 0 Å². The fraction of sp³-hybridized carbons (Fsp3) is 1.00. The van der Waals surface area contributed by atoms with Crippen molar-refractivity contribution in [3.63, 3.8) is 0 Å². The van der Waals surface area contributed by atoms with Crippen molar-refractivity contribution in [3.8, 4) is 0 Å². The highest BCUT2D eigenvalue weighted by atomic mass is 16.3. The van der Waals surface area contributed by atoms with Gasteiger partial charge in [-0.1, -0.05) is 6.92 Å². The molecule has 3 nitrogen and oxygen atoms in total. The Balaban J connectivity index is 0. The van der Waals surface area contributed by atoms with Gasteiger partial charge in [0, 0.05) is 6.10 Å². The molecule has 0 fully saturated rings. The lowest BCUT2D eigenvalue weighted by atomic mass is 10.2. The third kappa shape index (κ3) is 45.0. The number of hydrogen-bond donors (Lipinski definition) is 3. The van der Waals surface area contributed by atoms with Gasteiger partial charge in [0.15, 0.2) is 0 Å². The first-order valence-corrected chi connectivity index (χ1v) is 3.49. The van der Waals surface area contributed by atoms with Crippen molar-refractivity contribution in [3.05, 3.63) is 0 Å². The molecule has 0 bridgehead atoms. The summed E-state index contributed by atoms with van der Waals surface area (Å²) < 4.78 is 0. The van der Waals surface area contributed by atoms with Crippen LogP contribution in [0.1, 0.15) is 34.1 Å². The first kappa shape index (κ1) is 12.5. The summed E-state index contributed by atoms with van der Waals surface area (Å²) in [6, 6.07) is 0. The Morgan fingerprint density at radius 3 is 1.60 bits per heavy atom. The highest BCUT2D eigenvalue weighted by molar-refractivity contribution is 4.56. The smallest absolute Gasteiger partial charge is 0.110 e. The van der Waals surface area contributed by atoms with Crippen LogP contribution in [0.2, 0.25) is 0 Å². The average Bonchev–Trinajstić information content (AvgIpc) is 1.63. The van der Waals surface area contributed by atoms with Crippen LogP contribution in [0.15, 0.2) is 0 Å². The van der Waals surface area contributed by atoms with Gasteiger partial charge in [-0.25, -0.2) is 0 Å². The summed E-state index contributed by atoms with van der Waals surface area (Å²) in [4.78, 5) is 0. The first-order chi connectivity index (χ1) is 4.29. The largest absolute Gasteiger partial charge is 0.394 e. The summed E-state index contributed by atoms with van der Waals surface area (Å²) in [5.41, 5.74) is 4.13. The standard InChI is InChI=1S/C4H11NO.C3H8O/c1-3-4(2,5)6;1-3(2)4/h6H,3,5H2,1-2H3;3-4H,1-2H3. The van der Waals surface area contributed by atoms with Gasteiger partial charge in [0.1, 0.15) is 5.72 Å². The van der Waals surface area contributed by atoms with Gasteiger partial charge in [-0.3, -0.25) is 0 Å². The summed E-state index contributed by atoms with van der Waals surface area (Å²) in [5.74, 6) is 0. The fourth-order valence-electron chi connectivity index (χ4n) is 0. The van der Waals surface area contributed by atoms with Crippen LogP contribution in [0, 0.1) is 0 Å². The second-order valence-corrected chi connectivity index (χ2v) is 2.80. The highest BCUT2D eigenvalue weighted by Gasteiger charge is 2.06. The molecule has 0 spiro atoms. The second-order valence-electron chi connectivity index (χ2n) is 2.80. The number of nitrogens with two attached hydrogens (primary N) is 1. The lowest BCUT2D eigenvalue weighted by Gasteiger charge is -2.11. The minimum Gasteiger partial charge on any atom is -0.394 e. The summed E-state index contributed by atoms with van der Waals surface area (Å²) in [5, 5.41) is 16.7. The molecule has 0 aromatic carbocycles. The third-order valence-corrected chi connectivity index (χ3v) is 0.716. The Hall–Kier alpha value is -0.120. The minimum atomic E-state index is -0.958. The normalized spacial score (nSPS) is 15.6. The Morgan fingerprint density at radius 1 is 1.50 bits per heavy atom. The average molecular weight is 149 g/mol. The molecule has 0 amide bonds. The molecule has 0 aliphatic carbocycles. The van der Waals surface area contributed by atoms with Gasteiger partial charge >= 0.3 is 0 Å². The predicted molar refractivity (Wildman–Crippen MR) is 42.5 cm³/mol. The van der Waals surface area contributed by atoms with E-state index in [1.165, 1.54) is 0 Å². The van der Waals surface area contributed by atoms with Gasteiger partial charge in [-0.2, -0.15) is 0 Å². The van der Waals surface area contributed by atoms with Crippen LogP contribution in [0.4, 0.5) is 0 Å². The molecule has 0 radical (unpaired) electrons. The lowest BCUT2D eigenvalue weighted by Crippen LogP contribution is -2.34. The molecule has 0 saturated carbocycles. The van der Waals surface area contributed by atoms with Crippen LogP contribution in [0.5, 0.6) is 0 Å². The van der Waals surface area contributed by atoms with Crippen LogP contribution in [-0.4, -0.2) is 22.0 Å². The van der Waals surface area contributed by atoms with Gasteiger partial charge in [0.2, 0.25) is 0 Å². The molecule has 0 aliphatic heterocycles. The number of aliphatic hydroxyl groups excluding tert-OH is 1. The zero-order valence-corrected chi connectivity index (χ0v) is 7.26. The maximum absolute atomic E-state index is 8.60. The SMILES string of the molecule is CC(C)O.CCC(C)(N)O. The molecule has 1 unspecified atom stereocenters. The Bertz CT molecular complexity index is 63.7. The maximum Gasteiger partial charge on any atom is 0.110 e. The molecule has 10 heavy (non-hydrogen) atoms. The van der Waals surface area contributed by atoms with Crippen LogP contribution < -0.4 is 5.73 Å². The molecule has 0 saturated heterocycles. The van der Waals surface area contributed by atoms with Crippen molar-refractivity contribution >= 4 is 0 Å². The number of rotatable bonds is 1. The minimum absolute atomic E-state index is 0.167. The van der Waals surface area contributed by atoms with E-state index in [2.05, 4.69) is 0 Å². The predicted octanol–water partition coefficient (Wildman–Crippen LogP) is 0.451. The fourth-order valence-corrected chi connectivity index (χ4v) is 0. The zero-order chi connectivity index (χ0) is 8.78. The van der Waals surface area contributed by atoms with Crippen LogP contribution in [0.3, 0.4) is 0 Å². The van der Waals surface area contributed by atoms with E-state index in [-0.39, 0.29) is 6.10 Å². The van der Waals surface area contributed by atoms with E-state index in [0.717, 1.165) is 0 Å². The molecule has 4 N–H and O–H groups in total. The molecule has 0 aliphatic rings. The summed E-state index contributed by atoms with van der Waals surface area (Å²) in [7, 11) is 0. The quantitative estimate of drug-likeness (QED) is 0.474. The molecule has 64 valence electrons. The van der Waals surface area contributed by atoms with Gasteiger partial charge in [0.05, 0.1) is 0 Å². The number of hydrogen-bond acceptors (Lipinski definition) is 3. The number of aliphatic hydroxyl groups is 2. The van der Waals surface area contributed by atoms with Gasteiger partial charge < -0.3 is 15.9 Å². The lowest BCUT2D eigenvalue weighted by molar-refractivity contribution is 0.0632. The topological polar surface area (TPSA) is 66.5 Å². The molecule has 0 aromatic rings. The van der Waals surface area contributed by atoms with E-state index >= 15 is 0 Å². The van der Waals surface area contributed by atoms with E-state index < -0.39 is 5.72 Å². The Kier molecular flexibility index (Phi) is 7.09. The molecular weight excluding hydrogens is 130 g/mol. The summed E-state index contributed by atoms with van der Waals surface area (Å²) in [6.45, 7) is 6.85. The zero-order valence-electron chi connectivity index (χ0n) is 7.26. The van der Waals surface area contributed by atoms with E-state index in [4.69, 9.17) is 15.9 Å². The van der Waals surface area contributed by atoms with Crippen molar-refractivity contribution in [1.29, 1.82) is 0 Å². The maximum atomic E-state index is 8.60. The Labute approximate surface area is 62.9 Å². The van der Waals surface area contributed by atoms with E-state index in [0.29, 0.717) is 6.42 Å². The molecule has 1 atom stereocenters. The van der Waals surface area contributed by atoms with Crippen LogP contribution in [0.25, 0.3) is 0 Å². The second kappa shape index (κ2) is 5.65. The highest BCUT2D eigenvalue weighted by Crippen LogP contribution is 1.94. The Morgan fingerprint density at radius 2 is 1.60 bits per heavy atom.